The van der Waals surface area contributed by atoms with E-state index in [4.69, 9.17) is 51.2 Å². The first-order valence-corrected chi connectivity index (χ1v) is 12.1. The fraction of sp³-hybridized carbons (Fsp3) is 1.00. The molecular formula is C10H18O8P2S2. The number of ether oxygens (including phenoxy) is 2. The summed E-state index contributed by atoms with van der Waals surface area (Å²) in [5.41, 5.74) is 0. The first kappa shape index (κ1) is 17.8. The summed E-state index contributed by atoms with van der Waals surface area (Å²) in [7, 11) is 0. The molecule has 2 N–H and O–H groups in total. The molecule has 6 atom stereocenters. The number of rotatable bonds is 0. The predicted molar refractivity (Wildman–Crippen MR) is 83.4 cm³/mol. The summed E-state index contributed by atoms with van der Waals surface area (Å²) in [6.45, 7) is -5.92. The highest BCUT2D eigenvalue weighted by atomic mass is 32.5. The topological polar surface area (TPSA) is 95.8 Å². The van der Waals surface area contributed by atoms with Crippen molar-refractivity contribution in [1.82, 2.24) is 0 Å². The van der Waals surface area contributed by atoms with E-state index in [0.29, 0.717) is 26.1 Å². The van der Waals surface area contributed by atoms with Gasteiger partial charge in [-0.1, -0.05) is 0 Å². The van der Waals surface area contributed by atoms with Crippen LogP contribution in [0.15, 0.2) is 0 Å². The van der Waals surface area contributed by atoms with Crippen molar-refractivity contribution in [2.75, 3.05) is 26.4 Å². The SMILES string of the molecule is OP1(=S)OC[C@H]2OCC[C@@H]2OP(O)(=S)OC[C@H]2OCC[C@@H]2O1. The average molecular weight is 392 g/mol. The van der Waals surface area contributed by atoms with Gasteiger partial charge in [0.15, 0.2) is 0 Å². The van der Waals surface area contributed by atoms with Gasteiger partial charge in [-0.2, -0.15) is 0 Å². The molecule has 3 aliphatic heterocycles. The Labute approximate surface area is 138 Å². The highest BCUT2D eigenvalue weighted by Crippen LogP contribution is 2.51. The number of hydrogen-bond acceptors (Lipinski definition) is 8. The second-order valence-corrected chi connectivity index (χ2v) is 10.8. The molecule has 3 fully saturated rings. The zero-order chi connectivity index (χ0) is 15.8. The highest BCUT2D eigenvalue weighted by molar-refractivity contribution is 8.07. The summed E-state index contributed by atoms with van der Waals surface area (Å²) in [5, 5.41) is 0. The van der Waals surface area contributed by atoms with E-state index in [1.807, 2.05) is 0 Å². The lowest BCUT2D eigenvalue weighted by molar-refractivity contribution is -0.0223. The van der Waals surface area contributed by atoms with Crippen molar-refractivity contribution in [3.8, 4) is 0 Å². The van der Waals surface area contributed by atoms with Crippen LogP contribution in [0.2, 0.25) is 0 Å². The molecule has 0 aromatic heterocycles. The third kappa shape index (κ3) is 4.53. The lowest BCUT2D eigenvalue weighted by Gasteiger charge is -2.29. The quantitative estimate of drug-likeness (QED) is 0.577. The first-order valence-electron chi connectivity index (χ1n) is 6.89. The van der Waals surface area contributed by atoms with Crippen LogP contribution in [-0.4, -0.2) is 60.6 Å². The zero-order valence-electron chi connectivity index (χ0n) is 11.6. The Kier molecular flexibility index (Phi) is 5.72. The van der Waals surface area contributed by atoms with Crippen molar-refractivity contribution < 1.29 is 37.4 Å². The van der Waals surface area contributed by atoms with Crippen LogP contribution in [0.4, 0.5) is 0 Å². The molecule has 0 amide bonds. The fourth-order valence-electron chi connectivity index (χ4n) is 2.55. The zero-order valence-corrected chi connectivity index (χ0v) is 15.0. The molecule has 0 spiro atoms. The van der Waals surface area contributed by atoms with E-state index in [9.17, 15) is 9.79 Å². The van der Waals surface area contributed by atoms with Crippen LogP contribution < -0.4 is 0 Å². The van der Waals surface area contributed by atoms with Crippen molar-refractivity contribution in [2.45, 2.75) is 37.3 Å². The summed E-state index contributed by atoms with van der Waals surface area (Å²) in [5.74, 6) is 0. The summed E-state index contributed by atoms with van der Waals surface area (Å²) in [4.78, 5) is 20.3. The van der Waals surface area contributed by atoms with Crippen LogP contribution in [0, 0.1) is 0 Å². The lowest BCUT2D eigenvalue weighted by Crippen LogP contribution is -2.32. The van der Waals surface area contributed by atoms with Gasteiger partial charge in [0.05, 0.1) is 25.4 Å². The van der Waals surface area contributed by atoms with Gasteiger partial charge in [0.25, 0.3) is 0 Å². The molecule has 0 radical (unpaired) electrons. The Morgan fingerprint density at radius 1 is 0.727 bits per heavy atom. The minimum absolute atomic E-state index is 0.00597. The molecule has 128 valence electrons. The van der Waals surface area contributed by atoms with Crippen molar-refractivity contribution in [3.63, 3.8) is 0 Å². The Balaban J connectivity index is 1.77. The Morgan fingerprint density at radius 3 is 1.55 bits per heavy atom. The van der Waals surface area contributed by atoms with Crippen LogP contribution >= 0.6 is 13.4 Å². The van der Waals surface area contributed by atoms with Gasteiger partial charge in [0.1, 0.15) is 12.2 Å². The molecule has 3 rings (SSSR count). The maximum Gasteiger partial charge on any atom is 0.324 e. The van der Waals surface area contributed by atoms with E-state index in [1.54, 1.807) is 0 Å². The molecule has 0 aliphatic carbocycles. The molecule has 2 unspecified atom stereocenters. The Bertz CT molecular complexity index is 461. The minimum Gasteiger partial charge on any atom is -0.373 e. The molecule has 8 nitrogen and oxygen atoms in total. The monoisotopic (exact) mass is 392 g/mol. The van der Waals surface area contributed by atoms with E-state index >= 15 is 0 Å². The van der Waals surface area contributed by atoms with Crippen molar-refractivity contribution in [1.29, 1.82) is 0 Å². The molecule has 22 heavy (non-hydrogen) atoms. The summed E-state index contributed by atoms with van der Waals surface area (Å²) in [6, 6.07) is 0. The van der Waals surface area contributed by atoms with Gasteiger partial charge in [0.2, 0.25) is 0 Å². The van der Waals surface area contributed by atoms with Gasteiger partial charge in [-0.3, -0.25) is 0 Å². The maximum atomic E-state index is 10.2. The van der Waals surface area contributed by atoms with Crippen molar-refractivity contribution in [3.05, 3.63) is 0 Å². The van der Waals surface area contributed by atoms with Gasteiger partial charge < -0.3 is 37.4 Å². The summed E-state index contributed by atoms with van der Waals surface area (Å²) >= 11 is 10.0. The molecule has 12 heteroatoms. The van der Waals surface area contributed by atoms with Gasteiger partial charge in [0, 0.05) is 26.1 Å². The highest BCUT2D eigenvalue weighted by Gasteiger charge is 2.40. The van der Waals surface area contributed by atoms with Crippen LogP contribution in [0.5, 0.6) is 0 Å². The van der Waals surface area contributed by atoms with Crippen LogP contribution in [0.3, 0.4) is 0 Å². The van der Waals surface area contributed by atoms with Crippen LogP contribution in [-0.2, 0) is 51.2 Å². The third-order valence-electron chi connectivity index (χ3n) is 3.64. The number of fused-ring (bicyclic) bond motifs is 2. The van der Waals surface area contributed by atoms with E-state index in [0.717, 1.165) is 0 Å². The van der Waals surface area contributed by atoms with E-state index in [2.05, 4.69) is 0 Å². The van der Waals surface area contributed by atoms with Gasteiger partial charge in [-0.25, -0.2) is 0 Å². The second-order valence-electron chi connectivity index (χ2n) is 5.21. The van der Waals surface area contributed by atoms with Gasteiger partial charge in [-0.05, 0) is 23.6 Å². The molecule has 3 aliphatic rings. The second kappa shape index (κ2) is 7.07. The lowest BCUT2D eigenvalue weighted by atomic mass is 10.2. The molecular weight excluding hydrogens is 374 g/mol. The van der Waals surface area contributed by atoms with Crippen molar-refractivity contribution in [2.24, 2.45) is 0 Å². The smallest absolute Gasteiger partial charge is 0.324 e. The number of hydrogen-bond donors (Lipinski definition) is 2. The molecule has 3 saturated heterocycles. The fourth-order valence-corrected chi connectivity index (χ4v) is 5.54. The Morgan fingerprint density at radius 2 is 1.14 bits per heavy atom. The molecule has 0 aromatic rings. The predicted octanol–water partition coefficient (Wildman–Crippen LogP) is 0.815. The van der Waals surface area contributed by atoms with E-state index in [-0.39, 0.29) is 13.2 Å². The molecule has 0 saturated carbocycles. The Hall–Kier alpha value is 0.980. The molecule has 0 bridgehead atoms. The third-order valence-corrected chi connectivity index (χ3v) is 6.81. The van der Waals surface area contributed by atoms with E-state index < -0.39 is 37.9 Å². The average Bonchev–Trinajstić information content (AvgIpc) is 3.02. The standard InChI is InChI=1S/C10H18O8P2S2/c11-19(21)16-6-10-8(2-4-14-10)18-20(12,22)15-5-9-7(17-19)1-3-13-9/h7-10H,1-6H2,(H,11,21)(H,12,22)/t7-,8-,9+,10+,19?,20?/m0/s1. The first-order chi connectivity index (χ1) is 10.3. The maximum absolute atomic E-state index is 10.2. The minimum atomic E-state index is -3.41. The normalized spacial score (nSPS) is 50.6. The van der Waals surface area contributed by atoms with Gasteiger partial charge >= 0.3 is 13.4 Å². The van der Waals surface area contributed by atoms with Crippen molar-refractivity contribution >= 4 is 37.1 Å². The molecule has 3 heterocycles. The van der Waals surface area contributed by atoms with Crippen LogP contribution in [0.1, 0.15) is 12.8 Å². The van der Waals surface area contributed by atoms with Crippen LogP contribution in [0.25, 0.3) is 0 Å². The van der Waals surface area contributed by atoms with Gasteiger partial charge in [-0.15, -0.1) is 0 Å². The van der Waals surface area contributed by atoms with E-state index in [1.165, 1.54) is 0 Å². The summed E-state index contributed by atoms with van der Waals surface area (Å²) < 4.78 is 32.6. The molecule has 0 aromatic carbocycles. The largest absolute Gasteiger partial charge is 0.373 e. The summed E-state index contributed by atoms with van der Waals surface area (Å²) in [6.07, 6.45) is -0.796.